The largest absolute Gasteiger partial charge is 0.497 e. The third-order valence-corrected chi connectivity index (χ3v) is 4.69. The predicted molar refractivity (Wildman–Crippen MR) is 97.6 cm³/mol. The number of H-pyrrole nitrogens is 1. The second-order valence-electron chi connectivity index (χ2n) is 6.45. The standard InChI is InChI=1S/C20H20N4O2/c1-26-17-6-4-15(5-7-17)18-11-22-20(23-18)16-9-19(25)24(13-16)12-14-3-2-8-21-10-14/h2-8,10-11,16H,9,12-13H2,1H3,(H,22,23)/t16-/m0/s1. The van der Waals surface area contributed by atoms with Gasteiger partial charge in [-0.2, -0.15) is 0 Å². The van der Waals surface area contributed by atoms with E-state index in [9.17, 15) is 4.79 Å². The highest BCUT2D eigenvalue weighted by atomic mass is 16.5. The summed E-state index contributed by atoms with van der Waals surface area (Å²) in [6.07, 6.45) is 5.85. The summed E-state index contributed by atoms with van der Waals surface area (Å²) >= 11 is 0. The Balaban J connectivity index is 1.46. The van der Waals surface area contributed by atoms with Crippen molar-refractivity contribution in [1.29, 1.82) is 0 Å². The van der Waals surface area contributed by atoms with Gasteiger partial charge in [0.05, 0.1) is 19.0 Å². The molecule has 0 aliphatic carbocycles. The molecule has 2 aromatic heterocycles. The van der Waals surface area contributed by atoms with Crippen LogP contribution in [0.1, 0.15) is 23.7 Å². The number of pyridine rings is 1. The number of aromatic nitrogens is 3. The first kappa shape index (κ1) is 16.3. The van der Waals surface area contributed by atoms with Crippen LogP contribution < -0.4 is 4.74 Å². The number of amides is 1. The summed E-state index contributed by atoms with van der Waals surface area (Å²) in [7, 11) is 1.65. The molecule has 26 heavy (non-hydrogen) atoms. The van der Waals surface area contributed by atoms with Gasteiger partial charge in [-0.15, -0.1) is 0 Å². The molecule has 132 valence electrons. The molecule has 3 aromatic rings. The van der Waals surface area contributed by atoms with E-state index in [4.69, 9.17) is 4.74 Å². The van der Waals surface area contributed by atoms with E-state index in [0.29, 0.717) is 19.5 Å². The molecule has 1 aliphatic rings. The van der Waals surface area contributed by atoms with Crippen molar-refractivity contribution < 1.29 is 9.53 Å². The number of hydrogen-bond donors (Lipinski definition) is 1. The Hall–Kier alpha value is -3.15. The molecule has 0 spiro atoms. The van der Waals surface area contributed by atoms with Gasteiger partial charge in [0, 0.05) is 37.8 Å². The summed E-state index contributed by atoms with van der Waals surface area (Å²) in [5.41, 5.74) is 3.03. The van der Waals surface area contributed by atoms with E-state index in [-0.39, 0.29) is 11.8 Å². The van der Waals surface area contributed by atoms with Gasteiger partial charge in [0.2, 0.25) is 5.91 Å². The molecule has 1 aromatic carbocycles. The third kappa shape index (κ3) is 3.31. The highest BCUT2D eigenvalue weighted by Gasteiger charge is 2.32. The number of benzene rings is 1. The van der Waals surface area contributed by atoms with Crippen LogP contribution in [0.15, 0.2) is 55.0 Å². The Bertz CT molecular complexity index is 890. The Morgan fingerprint density at radius 2 is 2.08 bits per heavy atom. The van der Waals surface area contributed by atoms with Crippen molar-refractivity contribution in [2.24, 2.45) is 0 Å². The van der Waals surface area contributed by atoms with Gasteiger partial charge in [-0.25, -0.2) is 4.98 Å². The Kier molecular flexibility index (Phi) is 4.39. The van der Waals surface area contributed by atoms with E-state index < -0.39 is 0 Å². The number of hydrogen-bond acceptors (Lipinski definition) is 4. The smallest absolute Gasteiger partial charge is 0.223 e. The normalized spacial score (nSPS) is 16.9. The maximum atomic E-state index is 12.4. The Labute approximate surface area is 151 Å². The highest BCUT2D eigenvalue weighted by molar-refractivity contribution is 5.79. The predicted octanol–water partition coefficient (Wildman–Crippen LogP) is 3.00. The average Bonchev–Trinajstić information content (AvgIpc) is 3.30. The molecule has 1 aliphatic heterocycles. The number of imidazole rings is 1. The zero-order valence-corrected chi connectivity index (χ0v) is 14.6. The zero-order valence-electron chi connectivity index (χ0n) is 14.6. The fraction of sp³-hybridized carbons (Fsp3) is 0.250. The van der Waals surface area contributed by atoms with Crippen molar-refractivity contribution in [3.8, 4) is 17.0 Å². The second kappa shape index (κ2) is 7.00. The molecule has 0 radical (unpaired) electrons. The van der Waals surface area contributed by atoms with Crippen LogP contribution in [0.2, 0.25) is 0 Å². The van der Waals surface area contributed by atoms with Gasteiger partial charge in [0.1, 0.15) is 11.6 Å². The molecule has 0 bridgehead atoms. The van der Waals surface area contributed by atoms with Crippen LogP contribution in [0.4, 0.5) is 0 Å². The van der Waals surface area contributed by atoms with E-state index in [2.05, 4.69) is 15.0 Å². The van der Waals surface area contributed by atoms with E-state index in [1.807, 2.05) is 47.5 Å². The first-order chi connectivity index (χ1) is 12.7. The molecule has 1 atom stereocenters. The maximum Gasteiger partial charge on any atom is 0.223 e. The van der Waals surface area contributed by atoms with Crippen molar-refractivity contribution in [3.63, 3.8) is 0 Å². The number of carbonyl (C=O) groups excluding carboxylic acids is 1. The van der Waals surface area contributed by atoms with Crippen LogP contribution in [0.25, 0.3) is 11.3 Å². The van der Waals surface area contributed by atoms with E-state index in [1.165, 1.54) is 0 Å². The first-order valence-corrected chi connectivity index (χ1v) is 8.59. The lowest BCUT2D eigenvalue weighted by molar-refractivity contribution is -0.128. The fourth-order valence-corrected chi connectivity index (χ4v) is 3.28. The summed E-state index contributed by atoms with van der Waals surface area (Å²) in [4.78, 5) is 26.2. The van der Waals surface area contributed by atoms with Crippen molar-refractivity contribution in [2.45, 2.75) is 18.9 Å². The van der Waals surface area contributed by atoms with Crippen molar-refractivity contribution in [2.75, 3.05) is 13.7 Å². The number of nitrogens with one attached hydrogen (secondary N) is 1. The Morgan fingerprint density at radius 3 is 2.81 bits per heavy atom. The van der Waals surface area contributed by atoms with E-state index >= 15 is 0 Å². The molecule has 1 N–H and O–H groups in total. The monoisotopic (exact) mass is 348 g/mol. The van der Waals surface area contributed by atoms with Gasteiger partial charge in [-0.05, 0) is 41.5 Å². The number of aromatic amines is 1. The number of likely N-dealkylation sites (tertiary alicyclic amines) is 1. The molecule has 3 heterocycles. The number of rotatable bonds is 5. The van der Waals surface area contributed by atoms with E-state index in [1.54, 1.807) is 19.5 Å². The van der Waals surface area contributed by atoms with Crippen LogP contribution in [0.3, 0.4) is 0 Å². The minimum atomic E-state index is 0.0890. The molecule has 6 heteroatoms. The number of carbonyl (C=O) groups is 1. The highest BCUT2D eigenvalue weighted by Crippen LogP contribution is 2.29. The fourth-order valence-electron chi connectivity index (χ4n) is 3.28. The molecule has 1 saturated heterocycles. The van der Waals surface area contributed by atoms with Crippen LogP contribution in [-0.2, 0) is 11.3 Å². The van der Waals surface area contributed by atoms with Crippen LogP contribution in [-0.4, -0.2) is 39.4 Å². The molecule has 1 fully saturated rings. The van der Waals surface area contributed by atoms with Crippen LogP contribution in [0.5, 0.6) is 5.75 Å². The molecular weight excluding hydrogens is 328 g/mol. The maximum absolute atomic E-state index is 12.4. The lowest BCUT2D eigenvalue weighted by Gasteiger charge is -2.15. The summed E-state index contributed by atoms with van der Waals surface area (Å²) in [5.74, 6) is 1.92. The van der Waals surface area contributed by atoms with Gasteiger partial charge in [0.25, 0.3) is 0 Å². The first-order valence-electron chi connectivity index (χ1n) is 8.59. The number of methoxy groups -OCH3 is 1. The number of ether oxygens (including phenoxy) is 1. The average molecular weight is 348 g/mol. The number of nitrogens with zero attached hydrogens (tertiary/aromatic N) is 3. The lowest BCUT2D eigenvalue weighted by Crippen LogP contribution is -2.24. The van der Waals surface area contributed by atoms with Crippen LogP contribution in [0, 0.1) is 0 Å². The summed E-state index contributed by atoms with van der Waals surface area (Å²) < 4.78 is 5.19. The van der Waals surface area contributed by atoms with Crippen molar-refractivity contribution in [3.05, 3.63) is 66.4 Å². The van der Waals surface area contributed by atoms with Gasteiger partial charge in [0.15, 0.2) is 0 Å². The summed E-state index contributed by atoms with van der Waals surface area (Å²) in [5, 5.41) is 0. The van der Waals surface area contributed by atoms with Gasteiger partial charge in [-0.1, -0.05) is 6.07 Å². The van der Waals surface area contributed by atoms with E-state index in [0.717, 1.165) is 28.4 Å². The van der Waals surface area contributed by atoms with Gasteiger partial charge in [-0.3, -0.25) is 9.78 Å². The van der Waals surface area contributed by atoms with Gasteiger partial charge >= 0.3 is 0 Å². The second-order valence-corrected chi connectivity index (χ2v) is 6.45. The van der Waals surface area contributed by atoms with Crippen molar-refractivity contribution >= 4 is 5.91 Å². The van der Waals surface area contributed by atoms with Gasteiger partial charge < -0.3 is 14.6 Å². The molecular formula is C20H20N4O2. The molecule has 1 amide bonds. The molecule has 0 saturated carbocycles. The topological polar surface area (TPSA) is 71.1 Å². The zero-order chi connectivity index (χ0) is 17.9. The van der Waals surface area contributed by atoms with Crippen molar-refractivity contribution in [1.82, 2.24) is 19.9 Å². The third-order valence-electron chi connectivity index (χ3n) is 4.69. The molecule has 6 nitrogen and oxygen atoms in total. The lowest BCUT2D eigenvalue weighted by atomic mass is 10.1. The summed E-state index contributed by atoms with van der Waals surface area (Å²) in [6.45, 7) is 1.26. The van der Waals surface area contributed by atoms with Crippen LogP contribution >= 0.6 is 0 Å². The Morgan fingerprint density at radius 1 is 1.23 bits per heavy atom. The SMILES string of the molecule is COc1ccc(-c2cnc([C@H]3CC(=O)N(Cc4cccnc4)C3)[nH]2)cc1. The minimum absolute atomic E-state index is 0.0890. The summed E-state index contributed by atoms with van der Waals surface area (Å²) in [6, 6.07) is 11.7. The molecule has 0 unspecified atom stereocenters. The quantitative estimate of drug-likeness (QED) is 0.769. The molecule has 4 rings (SSSR count). The minimum Gasteiger partial charge on any atom is -0.497 e.